The van der Waals surface area contributed by atoms with Crippen LogP contribution >= 0.6 is 24.8 Å². The molecule has 0 atom stereocenters. The normalized spacial score (nSPS) is 9.72. The molecule has 0 fully saturated rings. The highest BCUT2D eigenvalue weighted by atomic mass is 35.5. The molecule has 25 heavy (non-hydrogen) atoms. The molecule has 0 saturated carbocycles. The third-order valence-corrected chi connectivity index (χ3v) is 3.39. The number of allylic oxidation sites excluding steroid dienone is 1. The summed E-state index contributed by atoms with van der Waals surface area (Å²) in [5.41, 5.74) is 2.27. The summed E-state index contributed by atoms with van der Waals surface area (Å²) in [6.07, 6.45) is 3.65. The van der Waals surface area contributed by atoms with Crippen LogP contribution in [0, 0.1) is 0 Å². The van der Waals surface area contributed by atoms with Gasteiger partial charge in [-0.05, 0) is 44.5 Å². The molecule has 5 nitrogen and oxygen atoms in total. The number of rotatable bonds is 13. The first-order valence-electron chi connectivity index (χ1n) is 8.22. The fourth-order valence-electron chi connectivity index (χ4n) is 2.37. The predicted octanol–water partition coefficient (Wildman–Crippen LogP) is 2.73. The van der Waals surface area contributed by atoms with E-state index >= 15 is 0 Å². The minimum absolute atomic E-state index is 0. The van der Waals surface area contributed by atoms with Crippen molar-refractivity contribution in [2.45, 2.75) is 26.3 Å². The van der Waals surface area contributed by atoms with Crippen molar-refractivity contribution < 1.29 is 14.6 Å². The van der Waals surface area contributed by atoms with Gasteiger partial charge in [-0.1, -0.05) is 12.1 Å². The quantitative estimate of drug-likeness (QED) is 0.354. The van der Waals surface area contributed by atoms with E-state index in [1.165, 1.54) is 5.56 Å². The van der Waals surface area contributed by atoms with Crippen molar-refractivity contribution in [2.75, 3.05) is 40.0 Å². The fraction of sp³-hybridized carbons (Fsp3) is 0.556. The lowest BCUT2D eigenvalue weighted by Crippen LogP contribution is -2.23. The van der Waals surface area contributed by atoms with Gasteiger partial charge in [0.2, 0.25) is 0 Å². The average Bonchev–Trinajstić information content (AvgIpc) is 2.56. The molecular weight excluding hydrogens is 363 g/mol. The maximum atomic E-state index is 8.69. The molecule has 0 heterocycles. The number of ether oxygens (including phenoxy) is 2. The van der Waals surface area contributed by atoms with E-state index in [1.54, 1.807) is 7.11 Å². The topological polar surface area (TPSA) is 62.8 Å². The van der Waals surface area contributed by atoms with Crippen molar-refractivity contribution in [3.63, 3.8) is 0 Å². The van der Waals surface area contributed by atoms with E-state index in [9.17, 15) is 0 Å². The van der Waals surface area contributed by atoms with Crippen LogP contribution in [0.4, 0.5) is 0 Å². The van der Waals surface area contributed by atoms with Gasteiger partial charge in [-0.3, -0.25) is 0 Å². The Labute approximate surface area is 164 Å². The molecular formula is C18H32Cl2N2O3. The van der Waals surface area contributed by atoms with Crippen LogP contribution in [-0.4, -0.2) is 45.1 Å². The van der Waals surface area contributed by atoms with Gasteiger partial charge in [-0.25, -0.2) is 0 Å². The zero-order chi connectivity index (χ0) is 16.9. The summed E-state index contributed by atoms with van der Waals surface area (Å²) >= 11 is 0. The second-order valence-corrected chi connectivity index (χ2v) is 5.22. The molecule has 0 saturated heterocycles. The summed E-state index contributed by atoms with van der Waals surface area (Å²) in [6, 6.07) is 4.17. The maximum absolute atomic E-state index is 8.69. The average molecular weight is 395 g/mol. The van der Waals surface area contributed by atoms with Crippen molar-refractivity contribution in [1.29, 1.82) is 0 Å². The highest BCUT2D eigenvalue weighted by molar-refractivity contribution is 5.85. The van der Waals surface area contributed by atoms with Gasteiger partial charge in [0.15, 0.2) is 11.5 Å². The first kappa shape index (κ1) is 26.3. The SMILES string of the molecule is C=CCc1cc(CNCCCNCCO)cc(OC)c1OCC.Cl.Cl. The number of hydrogen-bond acceptors (Lipinski definition) is 5. The minimum Gasteiger partial charge on any atom is -0.493 e. The summed E-state index contributed by atoms with van der Waals surface area (Å²) in [4.78, 5) is 0. The van der Waals surface area contributed by atoms with Crippen molar-refractivity contribution in [3.05, 3.63) is 35.9 Å². The summed E-state index contributed by atoms with van der Waals surface area (Å²) in [5.74, 6) is 1.58. The van der Waals surface area contributed by atoms with E-state index in [0.717, 1.165) is 49.5 Å². The van der Waals surface area contributed by atoms with E-state index in [0.29, 0.717) is 13.2 Å². The lowest BCUT2D eigenvalue weighted by atomic mass is 10.1. The van der Waals surface area contributed by atoms with Gasteiger partial charge in [0.1, 0.15) is 0 Å². The molecule has 0 amide bonds. The summed E-state index contributed by atoms with van der Waals surface area (Å²) < 4.78 is 11.2. The number of nitrogens with one attached hydrogen (secondary N) is 2. The van der Waals surface area contributed by atoms with Crippen LogP contribution in [0.25, 0.3) is 0 Å². The Bertz CT molecular complexity index is 474. The van der Waals surface area contributed by atoms with Gasteiger partial charge in [0, 0.05) is 18.7 Å². The second-order valence-electron chi connectivity index (χ2n) is 5.22. The maximum Gasteiger partial charge on any atom is 0.164 e. The molecule has 0 aromatic heterocycles. The van der Waals surface area contributed by atoms with E-state index < -0.39 is 0 Å². The van der Waals surface area contributed by atoms with Crippen LogP contribution in [0.5, 0.6) is 11.5 Å². The Morgan fingerprint density at radius 1 is 1.16 bits per heavy atom. The Morgan fingerprint density at radius 2 is 1.88 bits per heavy atom. The van der Waals surface area contributed by atoms with E-state index in [-0.39, 0.29) is 31.4 Å². The third-order valence-electron chi connectivity index (χ3n) is 3.39. The second kappa shape index (κ2) is 16.5. The van der Waals surface area contributed by atoms with E-state index in [4.69, 9.17) is 14.6 Å². The molecule has 0 aliphatic rings. The highest BCUT2D eigenvalue weighted by Gasteiger charge is 2.12. The van der Waals surface area contributed by atoms with Crippen LogP contribution in [0.15, 0.2) is 24.8 Å². The molecule has 0 aliphatic heterocycles. The number of aliphatic hydroxyl groups excluding tert-OH is 1. The Balaban J connectivity index is 0. The molecule has 3 N–H and O–H groups in total. The number of methoxy groups -OCH3 is 1. The monoisotopic (exact) mass is 394 g/mol. The molecule has 0 radical (unpaired) electrons. The molecule has 1 rings (SSSR count). The third kappa shape index (κ3) is 9.92. The molecule has 1 aromatic carbocycles. The van der Waals surface area contributed by atoms with E-state index in [1.807, 2.05) is 19.1 Å². The van der Waals surface area contributed by atoms with Gasteiger partial charge < -0.3 is 25.2 Å². The van der Waals surface area contributed by atoms with Crippen molar-refractivity contribution >= 4 is 24.8 Å². The predicted molar refractivity (Wildman–Crippen MR) is 109 cm³/mol. The van der Waals surface area contributed by atoms with Gasteiger partial charge in [-0.15, -0.1) is 31.4 Å². The summed E-state index contributed by atoms with van der Waals surface area (Å²) in [5, 5.41) is 15.3. The highest BCUT2D eigenvalue weighted by Crippen LogP contribution is 2.33. The molecule has 0 bridgehead atoms. The summed E-state index contributed by atoms with van der Waals surface area (Å²) in [7, 11) is 1.67. The number of halogens is 2. The van der Waals surface area contributed by atoms with Crippen LogP contribution in [-0.2, 0) is 13.0 Å². The first-order valence-corrected chi connectivity index (χ1v) is 8.22. The largest absolute Gasteiger partial charge is 0.493 e. The molecule has 7 heteroatoms. The van der Waals surface area contributed by atoms with Crippen LogP contribution in [0.2, 0.25) is 0 Å². The molecule has 0 aliphatic carbocycles. The van der Waals surface area contributed by atoms with Crippen molar-refractivity contribution in [1.82, 2.24) is 10.6 Å². The van der Waals surface area contributed by atoms with Crippen LogP contribution in [0.3, 0.4) is 0 Å². The number of aliphatic hydroxyl groups is 1. The fourth-order valence-corrected chi connectivity index (χ4v) is 2.37. The van der Waals surface area contributed by atoms with Crippen molar-refractivity contribution in [3.8, 4) is 11.5 Å². The summed E-state index contributed by atoms with van der Waals surface area (Å²) in [6.45, 7) is 9.85. The van der Waals surface area contributed by atoms with Gasteiger partial charge in [0.05, 0.1) is 20.3 Å². The molecule has 0 unspecified atom stereocenters. The molecule has 146 valence electrons. The van der Waals surface area contributed by atoms with Gasteiger partial charge in [-0.2, -0.15) is 0 Å². The Morgan fingerprint density at radius 3 is 2.48 bits per heavy atom. The zero-order valence-electron chi connectivity index (χ0n) is 15.2. The first-order chi connectivity index (χ1) is 11.3. The molecule has 0 spiro atoms. The molecule has 1 aromatic rings. The zero-order valence-corrected chi connectivity index (χ0v) is 16.8. The Hall–Kier alpha value is -0.980. The Kier molecular flexibility index (Phi) is 17.3. The minimum atomic E-state index is 0. The van der Waals surface area contributed by atoms with E-state index in [2.05, 4.69) is 23.3 Å². The lowest BCUT2D eigenvalue weighted by molar-refractivity contribution is 0.292. The number of benzene rings is 1. The van der Waals surface area contributed by atoms with Gasteiger partial charge in [0.25, 0.3) is 0 Å². The van der Waals surface area contributed by atoms with Crippen LogP contribution < -0.4 is 20.1 Å². The van der Waals surface area contributed by atoms with Gasteiger partial charge >= 0.3 is 0 Å². The smallest absolute Gasteiger partial charge is 0.164 e. The standard InChI is InChI=1S/C18H30N2O3.2ClH/c1-4-7-16-12-15(13-17(22-3)18(16)23-5-2)14-20-9-6-8-19-10-11-21;;/h4,12-13,19-21H,1,5-11,14H2,2-3H3;2*1H. The van der Waals surface area contributed by atoms with Crippen molar-refractivity contribution in [2.24, 2.45) is 0 Å². The van der Waals surface area contributed by atoms with Crippen LogP contribution in [0.1, 0.15) is 24.5 Å². The lowest BCUT2D eigenvalue weighted by Gasteiger charge is -2.16. The number of hydrogen-bond donors (Lipinski definition) is 3.